The first-order valence-corrected chi connectivity index (χ1v) is 6.24. The van der Waals surface area contributed by atoms with E-state index < -0.39 is 0 Å². The van der Waals surface area contributed by atoms with Crippen LogP contribution < -0.4 is 10.9 Å². The van der Waals surface area contributed by atoms with Gasteiger partial charge in [-0.1, -0.05) is 0 Å². The maximum Gasteiger partial charge on any atom is 0.262 e. The number of H-pyrrole nitrogens is 1. The van der Waals surface area contributed by atoms with E-state index in [1.54, 1.807) is 13.8 Å². The number of aliphatic hydroxyl groups is 1. The highest BCUT2D eigenvalue weighted by Gasteiger charge is 2.19. The van der Waals surface area contributed by atoms with Crippen molar-refractivity contribution >= 4 is 27.5 Å². The van der Waals surface area contributed by atoms with Gasteiger partial charge in [-0.25, -0.2) is 4.98 Å². The molecular formula is C11H13N3O3S. The molecule has 1 atom stereocenters. The normalized spacial score (nSPS) is 12.6. The number of nitrogens with zero attached hydrogens (tertiary/aromatic N) is 1. The average Bonchev–Trinajstić information content (AvgIpc) is 2.68. The Labute approximate surface area is 107 Å². The molecule has 18 heavy (non-hydrogen) atoms. The molecule has 3 N–H and O–H groups in total. The van der Waals surface area contributed by atoms with E-state index in [1.807, 2.05) is 0 Å². The number of hydrogen-bond donors (Lipinski definition) is 3. The number of aryl methyl sites for hydroxylation is 1. The van der Waals surface area contributed by atoms with Crippen molar-refractivity contribution in [3.05, 3.63) is 27.1 Å². The van der Waals surface area contributed by atoms with Gasteiger partial charge in [-0.3, -0.25) is 9.59 Å². The number of carbonyl (C=O) groups is 1. The van der Waals surface area contributed by atoms with E-state index >= 15 is 0 Å². The summed E-state index contributed by atoms with van der Waals surface area (Å²) in [5, 5.41) is 12.0. The van der Waals surface area contributed by atoms with Crippen molar-refractivity contribution in [2.75, 3.05) is 6.61 Å². The van der Waals surface area contributed by atoms with E-state index in [4.69, 9.17) is 5.11 Å². The number of aromatic nitrogens is 2. The van der Waals surface area contributed by atoms with Gasteiger partial charge < -0.3 is 15.4 Å². The van der Waals surface area contributed by atoms with E-state index in [2.05, 4.69) is 15.3 Å². The highest BCUT2D eigenvalue weighted by molar-refractivity contribution is 7.20. The number of hydrogen-bond acceptors (Lipinski definition) is 5. The highest BCUT2D eigenvalue weighted by atomic mass is 32.1. The molecule has 2 heterocycles. The number of aromatic amines is 1. The third-order valence-corrected chi connectivity index (χ3v) is 3.79. The van der Waals surface area contributed by atoms with Crippen LogP contribution in [0.1, 0.15) is 22.2 Å². The summed E-state index contributed by atoms with van der Waals surface area (Å²) < 4.78 is 0. The summed E-state index contributed by atoms with van der Waals surface area (Å²) in [6.07, 6.45) is 1.32. The smallest absolute Gasteiger partial charge is 0.262 e. The van der Waals surface area contributed by atoms with Gasteiger partial charge in [0.2, 0.25) is 0 Å². The molecule has 96 valence electrons. The first-order chi connectivity index (χ1) is 8.54. The van der Waals surface area contributed by atoms with E-state index in [0.29, 0.717) is 20.7 Å². The van der Waals surface area contributed by atoms with Crippen LogP contribution in [0.4, 0.5) is 0 Å². The maximum atomic E-state index is 12.0. The quantitative estimate of drug-likeness (QED) is 0.750. The monoisotopic (exact) mass is 267 g/mol. The number of rotatable bonds is 3. The summed E-state index contributed by atoms with van der Waals surface area (Å²) in [6.45, 7) is 3.29. The molecular weight excluding hydrogens is 254 g/mol. The predicted molar refractivity (Wildman–Crippen MR) is 69.0 cm³/mol. The third kappa shape index (κ3) is 2.14. The molecule has 0 fully saturated rings. The summed E-state index contributed by atoms with van der Waals surface area (Å²) >= 11 is 1.17. The number of amides is 1. The molecule has 2 rings (SSSR count). The predicted octanol–water partition coefficient (Wildman–Crippen LogP) is 0.404. The highest BCUT2D eigenvalue weighted by Crippen LogP contribution is 2.26. The second-order valence-corrected chi connectivity index (χ2v) is 5.02. The van der Waals surface area contributed by atoms with Crippen LogP contribution in [0.25, 0.3) is 10.2 Å². The Morgan fingerprint density at radius 3 is 3.00 bits per heavy atom. The molecule has 6 nitrogen and oxygen atoms in total. The van der Waals surface area contributed by atoms with Crippen LogP contribution in [0.2, 0.25) is 0 Å². The van der Waals surface area contributed by atoms with Gasteiger partial charge in [0.1, 0.15) is 4.83 Å². The minimum Gasteiger partial charge on any atom is -0.394 e. The van der Waals surface area contributed by atoms with Crippen LogP contribution >= 0.6 is 11.3 Å². The Morgan fingerprint density at radius 2 is 2.39 bits per heavy atom. The number of fused-ring (bicyclic) bond motifs is 1. The van der Waals surface area contributed by atoms with Crippen molar-refractivity contribution < 1.29 is 9.90 Å². The van der Waals surface area contributed by atoms with E-state index in [0.717, 1.165) is 0 Å². The van der Waals surface area contributed by atoms with Gasteiger partial charge in [0.25, 0.3) is 11.5 Å². The fourth-order valence-electron chi connectivity index (χ4n) is 1.63. The first kappa shape index (κ1) is 12.7. The Balaban J connectivity index is 2.47. The molecule has 0 bridgehead atoms. The molecule has 7 heteroatoms. The summed E-state index contributed by atoms with van der Waals surface area (Å²) in [7, 11) is 0. The molecule has 0 aliphatic rings. The second-order valence-electron chi connectivity index (χ2n) is 4.03. The molecule has 0 aliphatic heterocycles. The molecule has 0 aliphatic carbocycles. The first-order valence-electron chi connectivity index (χ1n) is 5.43. The lowest BCUT2D eigenvalue weighted by molar-refractivity contribution is 0.0926. The molecule has 2 aromatic heterocycles. The van der Waals surface area contributed by atoms with Crippen LogP contribution in [-0.2, 0) is 0 Å². The molecule has 0 unspecified atom stereocenters. The van der Waals surface area contributed by atoms with Gasteiger partial charge in [-0.2, -0.15) is 0 Å². The zero-order chi connectivity index (χ0) is 13.3. The van der Waals surface area contributed by atoms with Crippen molar-refractivity contribution in [2.45, 2.75) is 19.9 Å². The van der Waals surface area contributed by atoms with Crippen molar-refractivity contribution in [3.8, 4) is 0 Å². The number of thiophene rings is 1. The van der Waals surface area contributed by atoms with Gasteiger partial charge >= 0.3 is 0 Å². The third-order valence-electron chi connectivity index (χ3n) is 2.59. The van der Waals surface area contributed by atoms with Gasteiger partial charge in [-0.05, 0) is 19.4 Å². The number of carbonyl (C=O) groups excluding carboxylic acids is 1. The Hall–Kier alpha value is -1.73. The molecule has 2 aromatic rings. The van der Waals surface area contributed by atoms with Gasteiger partial charge in [0, 0.05) is 6.04 Å². The van der Waals surface area contributed by atoms with Crippen LogP contribution in [0.15, 0.2) is 11.1 Å². The van der Waals surface area contributed by atoms with E-state index in [9.17, 15) is 9.59 Å². The van der Waals surface area contributed by atoms with E-state index in [1.165, 1.54) is 17.7 Å². The zero-order valence-electron chi connectivity index (χ0n) is 9.98. The number of aliphatic hydroxyl groups excluding tert-OH is 1. The molecule has 0 aromatic carbocycles. The maximum absolute atomic E-state index is 12.0. The fraction of sp³-hybridized carbons (Fsp3) is 0.364. The minimum absolute atomic E-state index is 0.130. The largest absolute Gasteiger partial charge is 0.394 e. The lowest BCUT2D eigenvalue weighted by Crippen LogP contribution is -2.34. The summed E-state index contributed by atoms with van der Waals surface area (Å²) in [4.78, 5) is 31.1. The van der Waals surface area contributed by atoms with Crippen molar-refractivity contribution in [2.24, 2.45) is 0 Å². The van der Waals surface area contributed by atoms with Gasteiger partial charge in [-0.15, -0.1) is 11.3 Å². The number of nitrogens with one attached hydrogen (secondary N) is 2. The van der Waals surface area contributed by atoms with Crippen molar-refractivity contribution in [1.82, 2.24) is 15.3 Å². The molecule has 0 saturated carbocycles. The average molecular weight is 267 g/mol. The topological polar surface area (TPSA) is 95.1 Å². The SMILES string of the molecule is Cc1c(C(=O)N[C@@H](C)CO)sc2nc[nH]c(=O)c12. The lowest BCUT2D eigenvalue weighted by atomic mass is 10.2. The summed E-state index contributed by atoms with van der Waals surface area (Å²) in [5.41, 5.74) is 0.370. The molecule has 1 amide bonds. The fourth-order valence-corrected chi connectivity index (χ4v) is 2.68. The van der Waals surface area contributed by atoms with Gasteiger partial charge in [0.15, 0.2) is 0 Å². The molecule has 0 radical (unpaired) electrons. The van der Waals surface area contributed by atoms with Crippen LogP contribution in [0, 0.1) is 6.92 Å². The summed E-state index contributed by atoms with van der Waals surface area (Å²) in [6, 6.07) is -0.326. The molecule has 0 saturated heterocycles. The van der Waals surface area contributed by atoms with Gasteiger partial charge in [0.05, 0.1) is 23.2 Å². The Bertz CT molecular complexity index is 647. The van der Waals surface area contributed by atoms with Crippen LogP contribution in [-0.4, -0.2) is 33.6 Å². The zero-order valence-corrected chi connectivity index (χ0v) is 10.8. The van der Waals surface area contributed by atoms with Crippen molar-refractivity contribution in [3.63, 3.8) is 0 Å². The lowest BCUT2D eigenvalue weighted by Gasteiger charge is -2.09. The molecule has 0 spiro atoms. The summed E-state index contributed by atoms with van der Waals surface area (Å²) in [5.74, 6) is -0.295. The van der Waals surface area contributed by atoms with Crippen LogP contribution in [0.5, 0.6) is 0 Å². The Kier molecular flexibility index (Phi) is 3.44. The van der Waals surface area contributed by atoms with Crippen molar-refractivity contribution in [1.29, 1.82) is 0 Å². The second kappa shape index (κ2) is 4.87. The van der Waals surface area contributed by atoms with Crippen LogP contribution in [0.3, 0.4) is 0 Å². The van der Waals surface area contributed by atoms with E-state index in [-0.39, 0.29) is 24.1 Å². The minimum atomic E-state index is -0.326. The standard InChI is InChI=1S/C11H13N3O3S/c1-5(3-15)14-10(17)8-6(2)7-9(16)12-4-13-11(7)18-8/h4-5,15H,3H2,1-2H3,(H,14,17)(H,12,13,16)/t5-/m0/s1. The Morgan fingerprint density at radius 1 is 1.67 bits per heavy atom.